The van der Waals surface area contributed by atoms with Gasteiger partial charge in [-0.25, -0.2) is 0 Å². The van der Waals surface area contributed by atoms with Crippen LogP contribution in [0.3, 0.4) is 0 Å². The Morgan fingerprint density at radius 3 is 2.56 bits per heavy atom. The minimum Gasteiger partial charge on any atom is -0.496 e. The van der Waals surface area contributed by atoms with Gasteiger partial charge >= 0.3 is 0 Å². The van der Waals surface area contributed by atoms with E-state index in [0.29, 0.717) is 6.54 Å². The molecule has 100 valence electrons. The molecule has 0 fully saturated rings. The predicted molar refractivity (Wildman–Crippen MR) is 72.6 cm³/mol. The molecular weight excluding hydrogens is 228 g/mol. The van der Waals surface area contributed by atoms with Gasteiger partial charge in [0.25, 0.3) is 0 Å². The Morgan fingerprint density at radius 2 is 2.06 bits per heavy atom. The number of carbonyl (C=O) groups excluding carboxylic acids is 1. The zero-order chi connectivity index (χ0) is 13.8. The number of nitrogens with two attached hydrogens (primary N) is 1. The third-order valence-electron chi connectivity index (χ3n) is 2.70. The highest BCUT2D eigenvalue weighted by atomic mass is 16.5. The molecule has 1 aromatic carbocycles. The SMILES string of the molecule is COc1ccc(CNCC(N)=O)cc1C(C)(C)C. The van der Waals surface area contributed by atoms with E-state index >= 15 is 0 Å². The maximum absolute atomic E-state index is 10.7. The largest absolute Gasteiger partial charge is 0.496 e. The molecule has 0 atom stereocenters. The fourth-order valence-electron chi connectivity index (χ4n) is 1.78. The van der Waals surface area contributed by atoms with Crippen molar-refractivity contribution in [2.45, 2.75) is 32.7 Å². The van der Waals surface area contributed by atoms with Gasteiger partial charge in [0.2, 0.25) is 5.91 Å². The summed E-state index contributed by atoms with van der Waals surface area (Å²) in [5.74, 6) is 0.542. The molecular formula is C14H22N2O2. The third-order valence-corrected chi connectivity index (χ3v) is 2.70. The van der Waals surface area contributed by atoms with Gasteiger partial charge in [-0.2, -0.15) is 0 Å². The topological polar surface area (TPSA) is 64.3 Å². The quantitative estimate of drug-likeness (QED) is 0.833. The standard InChI is InChI=1S/C14H22N2O2/c1-14(2,3)11-7-10(5-6-12(11)18-4)8-16-9-13(15)17/h5-7,16H,8-9H2,1-4H3,(H2,15,17). The number of hydrogen-bond donors (Lipinski definition) is 2. The Bertz CT molecular complexity index is 422. The Balaban J connectivity index is 2.86. The highest BCUT2D eigenvalue weighted by Crippen LogP contribution is 2.31. The third kappa shape index (κ3) is 4.04. The van der Waals surface area contributed by atoms with Crippen LogP contribution >= 0.6 is 0 Å². The van der Waals surface area contributed by atoms with Crippen LogP contribution < -0.4 is 15.8 Å². The van der Waals surface area contributed by atoms with Gasteiger partial charge in [-0.15, -0.1) is 0 Å². The smallest absolute Gasteiger partial charge is 0.231 e. The summed E-state index contributed by atoms with van der Waals surface area (Å²) in [4.78, 5) is 10.7. The van der Waals surface area contributed by atoms with E-state index in [1.165, 1.54) is 0 Å². The molecule has 4 heteroatoms. The van der Waals surface area contributed by atoms with Crippen molar-refractivity contribution in [3.8, 4) is 5.75 Å². The number of methoxy groups -OCH3 is 1. The van der Waals surface area contributed by atoms with Crippen LogP contribution in [0.4, 0.5) is 0 Å². The van der Waals surface area contributed by atoms with Crippen LogP contribution in [0.2, 0.25) is 0 Å². The molecule has 0 aliphatic heterocycles. The lowest BCUT2D eigenvalue weighted by Crippen LogP contribution is -2.28. The van der Waals surface area contributed by atoms with Crippen LogP contribution in [0.25, 0.3) is 0 Å². The number of primary amides is 1. The normalized spacial score (nSPS) is 11.3. The Kier molecular flexibility index (Phi) is 4.73. The molecule has 0 saturated heterocycles. The number of amides is 1. The van der Waals surface area contributed by atoms with Crippen LogP contribution in [0, 0.1) is 0 Å². The van der Waals surface area contributed by atoms with E-state index in [4.69, 9.17) is 10.5 Å². The monoisotopic (exact) mass is 250 g/mol. The second kappa shape index (κ2) is 5.87. The van der Waals surface area contributed by atoms with Gasteiger partial charge in [0, 0.05) is 6.54 Å². The van der Waals surface area contributed by atoms with Crippen molar-refractivity contribution in [2.75, 3.05) is 13.7 Å². The molecule has 4 nitrogen and oxygen atoms in total. The lowest BCUT2D eigenvalue weighted by molar-refractivity contribution is -0.117. The number of ether oxygens (including phenoxy) is 1. The summed E-state index contributed by atoms with van der Waals surface area (Å²) in [6, 6.07) is 6.05. The lowest BCUT2D eigenvalue weighted by atomic mass is 9.85. The first-order valence-electron chi connectivity index (χ1n) is 6.01. The fraction of sp³-hybridized carbons (Fsp3) is 0.500. The zero-order valence-electron chi connectivity index (χ0n) is 11.5. The summed E-state index contributed by atoms with van der Waals surface area (Å²) in [7, 11) is 1.68. The van der Waals surface area contributed by atoms with E-state index in [9.17, 15) is 4.79 Å². The van der Waals surface area contributed by atoms with Crippen molar-refractivity contribution < 1.29 is 9.53 Å². The van der Waals surface area contributed by atoms with Crippen LogP contribution in [-0.2, 0) is 16.8 Å². The lowest BCUT2D eigenvalue weighted by Gasteiger charge is -2.23. The summed E-state index contributed by atoms with van der Waals surface area (Å²) in [5, 5.41) is 3.00. The average molecular weight is 250 g/mol. The van der Waals surface area contributed by atoms with Gasteiger partial charge in [0.15, 0.2) is 0 Å². The van der Waals surface area contributed by atoms with Gasteiger partial charge in [0.1, 0.15) is 5.75 Å². The molecule has 18 heavy (non-hydrogen) atoms. The van der Waals surface area contributed by atoms with Crippen molar-refractivity contribution in [3.05, 3.63) is 29.3 Å². The summed E-state index contributed by atoms with van der Waals surface area (Å²) >= 11 is 0. The number of nitrogens with one attached hydrogen (secondary N) is 1. The average Bonchev–Trinajstić information content (AvgIpc) is 2.27. The maximum Gasteiger partial charge on any atom is 0.231 e. The van der Waals surface area contributed by atoms with Crippen LogP contribution in [0.15, 0.2) is 18.2 Å². The second-order valence-electron chi connectivity index (χ2n) is 5.35. The molecule has 0 saturated carbocycles. The zero-order valence-corrected chi connectivity index (χ0v) is 11.5. The van der Waals surface area contributed by atoms with E-state index in [1.807, 2.05) is 12.1 Å². The maximum atomic E-state index is 10.7. The van der Waals surface area contributed by atoms with Crippen molar-refractivity contribution in [1.82, 2.24) is 5.32 Å². The summed E-state index contributed by atoms with van der Waals surface area (Å²) in [5.41, 5.74) is 7.37. The molecule has 0 radical (unpaired) electrons. The van der Waals surface area contributed by atoms with E-state index in [2.05, 4.69) is 32.2 Å². The van der Waals surface area contributed by atoms with E-state index in [-0.39, 0.29) is 17.9 Å². The molecule has 1 rings (SSSR count). The highest BCUT2D eigenvalue weighted by molar-refractivity contribution is 5.75. The molecule has 0 aliphatic rings. The van der Waals surface area contributed by atoms with Gasteiger partial charge in [0.05, 0.1) is 13.7 Å². The van der Waals surface area contributed by atoms with Crippen molar-refractivity contribution in [1.29, 1.82) is 0 Å². The van der Waals surface area contributed by atoms with E-state index < -0.39 is 0 Å². The Labute approximate surface area is 109 Å². The predicted octanol–water partition coefficient (Wildman–Crippen LogP) is 1.57. The first-order chi connectivity index (χ1) is 8.34. The molecule has 0 unspecified atom stereocenters. The van der Waals surface area contributed by atoms with Crippen LogP contribution in [-0.4, -0.2) is 19.6 Å². The van der Waals surface area contributed by atoms with Gasteiger partial charge in [-0.1, -0.05) is 32.9 Å². The number of hydrogen-bond acceptors (Lipinski definition) is 3. The highest BCUT2D eigenvalue weighted by Gasteiger charge is 2.19. The minimum absolute atomic E-state index is 0.0189. The molecule has 0 aliphatic carbocycles. The number of benzene rings is 1. The second-order valence-corrected chi connectivity index (χ2v) is 5.35. The number of carbonyl (C=O) groups is 1. The Hall–Kier alpha value is -1.55. The molecule has 0 bridgehead atoms. The number of rotatable bonds is 5. The molecule has 0 heterocycles. The Morgan fingerprint density at radius 1 is 1.39 bits per heavy atom. The molecule has 1 amide bonds. The molecule has 3 N–H and O–H groups in total. The van der Waals surface area contributed by atoms with E-state index in [0.717, 1.165) is 16.9 Å². The molecule has 0 aromatic heterocycles. The van der Waals surface area contributed by atoms with E-state index in [1.54, 1.807) is 7.11 Å². The van der Waals surface area contributed by atoms with Crippen molar-refractivity contribution in [3.63, 3.8) is 0 Å². The summed E-state index contributed by atoms with van der Waals surface area (Å²) < 4.78 is 5.38. The minimum atomic E-state index is -0.348. The first-order valence-corrected chi connectivity index (χ1v) is 6.01. The summed E-state index contributed by atoms with van der Waals surface area (Å²) in [6.07, 6.45) is 0. The first kappa shape index (κ1) is 14.5. The summed E-state index contributed by atoms with van der Waals surface area (Å²) in [6.45, 7) is 7.25. The van der Waals surface area contributed by atoms with Gasteiger partial charge < -0.3 is 15.8 Å². The van der Waals surface area contributed by atoms with Gasteiger partial charge in [-0.3, -0.25) is 4.79 Å². The van der Waals surface area contributed by atoms with Crippen LogP contribution in [0.5, 0.6) is 5.75 Å². The van der Waals surface area contributed by atoms with Crippen molar-refractivity contribution >= 4 is 5.91 Å². The fourth-order valence-corrected chi connectivity index (χ4v) is 1.78. The molecule has 1 aromatic rings. The van der Waals surface area contributed by atoms with Gasteiger partial charge in [-0.05, 0) is 22.6 Å². The van der Waals surface area contributed by atoms with Crippen LogP contribution in [0.1, 0.15) is 31.9 Å². The molecule has 0 spiro atoms. The van der Waals surface area contributed by atoms with Crippen molar-refractivity contribution in [2.24, 2.45) is 5.73 Å².